The minimum atomic E-state index is -0.391. The van der Waals surface area contributed by atoms with Gasteiger partial charge in [-0.25, -0.2) is 0 Å². The topological polar surface area (TPSA) is 75.4 Å². The molecule has 4 N–H and O–H groups in total. The van der Waals surface area contributed by atoms with Gasteiger partial charge in [0.25, 0.3) is 0 Å². The van der Waals surface area contributed by atoms with Crippen LogP contribution in [0.25, 0.3) is 0 Å². The van der Waals surface area contributed by atoms with Gasteiger partial charge < -0.3 is 16.2 Å². The third-order valence-corrected chi connectivity index (χ3v) is 3.70. The van der Waals surface area contributed by atoms with Crippen LogP contribution in [0.1, 0.15) is 36.8 Å². The Balaban J connectivity index is 1.86. The maximum absolute atomic E-state index is 11.9. The molecule has 1 aromatic rings. The first kappa shape index (κ1) is 14.0. The van der Waals surface area contributed by atoms with Gasteiger partial charge in [0.15, 0.2) is 0 Å². The van der Waals surface area contributed by atoms with Crippen molar-refractivity contribution in [3.8, 4) is 0 Å². The molecule has 1 amide bonds. The minimum absolute atomic E-state index is 0.0218. The Morgan fingerprint density at radius 2 is 1.84 bits per heavy atom. The molecule has 1 aliphatic carbocycles. The highest BCUT2D eigenvalue weighted by Gasteiger charge is 2.24. The summed E-state index contributed by atoms with van der Waals surface area (Å²) in [6, 6.07) is 7.67. The van der Waals surface area contributed by atoms with E-state index in [0.717, 1.165) is 36.8 Å². The molecule has 2 rings (SSSR count). The van der Waals surface area contributed by atoms with E-state index >= 15 is 0 Å². The Bertz CT molecular complexity index is 417. The van der Waals surface area contributed by atoms with Gasteiger partial charge in [0.1, 0.15) is 0 Å². The van der Waals surface area contributed by atoms with Crippen LogP contribution in [0.2, 0.25) is 0 Å². The number of rotatable bonds is 4. The summed E-state index contributed by atoms with van der Waals surface area (Å²) >= 11 is 0. The predicted octanol–water partition coefficient (Wildman–Crippen LogP) is 1.11. The quantitative estimate of drug-likeness (QED) is 0.761. The van der Waals surface area contributed by atoms with Crippen LogP contribution in [0, 0.1) is 0 Å². The van der Waals surface area contributed by atoms with Crippen molar-refractivity contribution in [3.05, 3.63) is 35.4 Å². The summed E-state index contributed by atoms with van der Waals surface area (Å²) in [5.74, 6) is -0.0218. The van der Waals surface area contributed by atoms with Crippen LogP contribution in [-0.4, -0.2) is 23.2 Å². The zero-order valence-corrected chi connectivity index (χ0v) is 11.1. The molecule has 0 spiro atoms. The van der Waals surface area contributed by atoms with Gasteiger partial charge in [-0.1, -0.05) is 37.1 Å². The van der Waals surface area contributed by atoms with Crippen LogP contribution >= 0.6 is 0 Å². The number of nitrogens with two attached hydrogens (primary N) is 1. The maximum atomic E-state index is 11.9. The molecule has 1 aromatic carbocycles. The van der Waals surface area contributed by atoms with E-state index in [4.69, 9.17) is 5.73 Å². The fourth-order valence-corrected chi connectivity index (χ4v) is 2.52. The van der Waals surface area contributed by atoms with E-state index in [1.807, 2.05) is 24.3 Å². The normalized spacial score (nSPS) is 23.1. The molecule has 0 aromatic heterocycles. The number of amides is 1. The van der Waals surface area contributed by atoms with E-state index < -0.39 is 6.10 Å². The molecule has 4 nitrogen and oxygen atoms in total. The molecule has 1 saturated carbocycles. The summed E-state index contributed by atoms with van der Waals surface area (Å²) in [6.07, 6.45) is 3.75. The highest BCUT2D eigenvalue weighted by molar-refractivity contribution is 5.78. The van der Waals surface area contributed by atoms with Gasteiger partial charge in [-0.3, -0.25) is 4.79 Å². The second kappa shape index (κ2) is 6.68. The van der Waals surface area contributed by atoms with E-state index in [1.165, 1.54) is 0 Å². The average Bonchev–Trinajstić information content (AvgIpc) is 2.42. The minimum Gasteiger partial charge on any atom is -0.391 e. The average molecular weight is 262 g/mol. The molecule has 0 aliphatic heterocycles. The molecule has 0 heterocycles. The fraction of sp³-hybridized carbons (Fsp3) is 0.533. The zero-order valence-electron chi connectivity index (χ0n) is 11.1. The predicted molar refractivity (Wildman–Crippen MR) is 74.4 cm³/mol. The van der Waals surface area contributed by atoms with Gasteiger partial charge >= 0.3 is 0 Å². The monoisotopic (exact) mass is 262 g/mol. The van der Waals surface area contributed by atoms with E-state index in [9.17, 15) is 9.90 Å². The van der Waals surface area contributed by atoms with Gasteiger partial charge in [0, 0.05) is 6.54 Å². The molecule has 2 unspecified atom stereocenters. The number of aliphatic hydroxyl groups is 1. The number of benzene rings is 1. The summed E-state index contributed by atoms with van der Waals surface area (Å²) in [5.41, 5.74) is 7.57. The van der Waals surface area contributed by atoms with E-state index in [2.05, 4.69) is 5.32 Å². The van der Waals surface area contributed by atoms with Crippen molar-refractivity contribution in [2.75, 3.05) is 0 Å². The molecular formula is C15H22N2O2. The molecule has 1 aliphatic rings. The Kier molecular flexibility index (Phi) is 4.93. The first-order valence-electron chi connectivity index (χ1n) is 6.94. The van der Waals surface area contributed by atoms with Gasteiger partial charge in [0.05, 0.1) is 18.6 Å². The highest BCUT2D eigenvalue weighted by Crippen LogP contribution is 2.18. The number of nitrogens with one attached hydrogen (secondary N) is 1. The molecule has 0 saturated heterocycles. The zero-order chi connectivity index (χ0) is 13.7. The van der Waals surface area contributed by atoms with Crippen LogP contribution in [0.3, 0.4) is 0 Å². The molecule has 4 heteroatoms. The first-order chi connectivity index (χ1) is 9.19. The highest BCUT2D eigenvalue weighted by atomic mass is 16.3. The number of hydrogen-bond acceptors (Lipinski definition) is 3. The lowest BCUT2D eigenvalue weighted by Crippen LogP contribution is -2.45. The third-order valence-electron chi connectivity index (χ3n) is 3.70. The van der Waals surface area contributed by atoms with E-state index in [-0.39, 0.29) is 11.9 Å². The van der Waals surface area contributed by atoms with Gasteiger partial charge in [-0.15, -0.1) is 0 Å². The molecule has 1 fully saturated rings. The molecule has 19 heavy (non-hydrogen) atoms. The maximum Gasteiger partial charge on any atom is 0.224 e. The Morgan fingerprint density at radius 1 is 1.21 bits per heavy atom. The van der Waals surface area contributed by atoms with Crippen LogP contribution in [0.15, 0.2) is 24.3 Å². The lowest BCUT2D eigenvalue weighted by atomic mass is 9.92. The Morgan fingerprint density at radius 3 is 2.47 bits per heavy atom. The number of hydrogen-bond donors (Lipinski definition) is 3. The Hall–Kier alpha value is -1.39. The van der Waals surface area contributed by atoms with Crippen molar-refractivity contribution < 1.29 is 9.90 Å². The van der Waals surface area contributed by atoms with Crippen molar-refractivity contribution in [3.63, 3.8) is 0 Å². The lowest BCUT2D eigenvalue weighted by Gasteiger charge is -2.28. The molecular weight excluding hydrogens is 240 g/mol. The van der Waals surface area contributed by atoms with Gasteiger partial charge in [-0.2, -0.15) is 0 Å². The summed E-state index contributed by atoms with van der Waals surface area (Å²) in [7, 11) is 0. The second-order valence-electron chi connectivity index (χ2n) is 5.22. The molecule has 2 atom stereocenters. The summed E-state index contributed by atoms with van der Waals surface area (Å²) in [4.78, 5) is 11.9. The second-order valence-corrected chi connectivity index (χ2v) is 5.22. The smallest absolute Gasteiger partial charge is 0.224 e. The van der Waals surface area contributed by atoms with Gasteiger partial charge in [0.2, 0.25) is 5.91 Å². The van der Waals surface area contributed by atoms with Crippen LogP contribution < -0.4 is 11.1 Å². The van der Waals surface area contributed by atoms with Crippen LogP contribution in [0.4, 0.5) is 0 Å². The standard InChI is InChI=1S/C15H22N2O2/c16-10-12-7-5-11(6-8-12)9-15(19)17-13-3-1-2-4-14(13)18/h5-8,13-14,18H,1-4,9-10,16H2,(H,17,19). The molecule has 104 valence electrons. The van der Waals surface area contributed by atoms with Crippen molar-refractivity contribution in [2.24, 2.45) is 5.73 Å². The summed E-state index contributed by atoms with van der Waals surface area (Å²) in [6.45, 7) is 0.515. The first-order valence-corrected chi connectivity index (χ1v) is 6.94. The van der Waals surface area contributed by atoms with Crippen molar-refractivity contribution in [2.45, 2.75) is 50.8 Å². The van der Waals surface area contributed by atoms with Gasteiger partial charge in [-0.05, 0) is 24.0 Å². The molecule has 0 radical (unpaired) electrons. The van der Waals surface area contributed by atoms with Crippen molar-refractivity contribution >= 4 is 5.91 Å². The van der Waals surface area contributed by atoms with E-state index in [0.29, 0.717) is 13.0 Å². The summed E-state index contributed by atoms with van der Waals surface area (Å²) < 4.78 is 0. The van der Waals surface area contributed by atoms with E-state index in [1.54, 1.807) is 0 Å². The van der Waals surface area contributed by atoms with Crippen molar-refractivity contribution in [1.82, 2.24) is 5.32 Å². The van der Waals surface area contributed by atoms with Crippen LogP contribution in [0.5, 0.6) is 0 Å². The number of aliphatic hydroxyl groups excluding tert-OH is 1. The third kappa shape index (κ3) is 4.04. The SMILES string of the molecule is NCc1ccc(CC(=O)NC2CCCCC2O)cc1. The molecule has 0 bridgehead atoms. The lowest BCUT2D eigenvalue weighted by molar-refractivity contribution is -0.122. The largest absolute Gasteiger partial charge is 0.391 e. The fourth-order valence-electron chi connectivity index (χ4n) is 2.52. The number of carbonyl (C=O) groups is 1. The van der Waals surface area contributed by atoms with Crippen molar-refractivity contribution in [1.29, 1.82) is 0 Å². The number of carbonyl (C=O) groups excluding carboxylic acids is 1. The summed E-state index contributed by atoms with van der Waals surface area (Å²) in [5, 5.41) is 12.8. The van der Waals surface area contributed by atoms with Crippen LogP contribution in [-0.2, 0) is 17.8 Å². The Labute approximate surface area is 114 Å².